The summed E-state index contributed by atoms with van der Waals surface area (Å²) < 4.78 is 7.86. The van der Waals surface area contributed by atoms with Gasteiger partial charge in [0.05, 0.1) is 18.3 Å². The van der Waals surface area contributed by atoms with Gasteiger partial charge in [0.25, 0.3) is 0 Å². The topological polar surface area (TPSA) is 58.1 Å². The first kappa shape index (κ1) is 8.71. The van der Waals surface area contributed by atoms with Gasteiger partial charge in [-0.05, 0) is 0 Å². The number of nitrogens with zero attached hydrogens (tertiary/aromatic N) is 3. The Morgan fingerprint density at radius 1 is 1.54 bits per heavy atom. The third-order valence-electron chi connectivity index (χ3n) is 1.77. The predicted octanol–water partition coefficient (Wildman–Crippen LogP) is 0.128. The summed E-state index contributed by atoms with van der Waals surface area (Å²) in [7, 11) is 0. The van der Waals surface area contributed by atoms with Crippen LogP contribution in [-0.4, -0.2) is 34.3 Å². The largest absolute Gasteiger partial charge is 0.353 e. The van der Waals surface area contributed by atoms with Crippen molar-refractivity contribution in [1.82, 2.24) is 14.1 Å². The van der Waals surface area contributed by atoms with Crippen molar-refractivity contribution in [3.8, 4) is 0 Å². The standard InChI is InChI=1S/C6H7ClN4OS/c7-5-6(10-13-9-5)11-2-1-8-4(12)3-11/h1-3H2,(H,8,12). The summed E-state index contributed by atoms with van der Waals surface area (Å²) in [6.07, 6.45) is 0. The SMILES string of the molecule is O=C1CN(c2nsnc2Cl)CCN1. The fourth-order valence-corrected chi connectivity index (χ4v) is 1.96. The van der Waals surface area contributed by atoms with Crippen LogP contribution in [0.1, 0.15) is 0 Å². The molecule has 1 N–H and O–H groups in total. The van der Waals surface area contributed by atoms with Crippen molar-refractivity contribution in [1.29, 1.82) is 0 Å². The number of piperazine rings is 1. The Balaban J connectivity index is 2.17. The van der Waals surface area contributed by atoms with Crippen molar-refractivity contribution in [3.63, 3.8) is 0 Å². The molecule has 0 unspecified atom stereocenters. The van der Waals surface area contributed by atoms with Crippen molar-refractivity contribution in [3.05, 3.63) is 5.15 Å². The maximum Gasteiger partial charge on any atom is 0.239 e. The summed E-state index contributed by atoms with van der Waals surface area (Å²) in [6, 6.07) is 0. The van der Waals surface area contributed by atoms with Gasteiger partial charge in [0.1, 0.15) is 0 Å². The van der Waals surface area contributed by atoms with Gasteiger partial charge in [-0.1, -0.05) is 11.6 Å². The fraction of sp³-hybridized carbons (Fsp3) is 0.500. The molecule has 0 atom stereocenters. The second-order valence-corrected chi connectivity index (χ2v) is 3.54. The van der Waals surface area contributed by atoms with Crippen LogP contribution in [-0.2, 0) is 4.79 Å². The molecular formula is C6H7ClN4OS. The smallest absolute Gasteiger partial charge is 0.239 e. The predicted molar refractivity (Wildman–Crippen MR) is 50.1 cm³/mol. The lowest BCUT2D eigenvalue weighted by atomic mass is 10.3. The molecule has 1 aromatic rings. The van der Waals surface area contributed by atoms with Crippen LogP contribution < -0.4 is 10.2 Å². The number of hydrogen-bond donors (Lipinski definition) is 1. The highest BCUT2D eigenvalue weighted by Gasteiger charge is 2.20. The summed E-state index contributed by atoms with van der Waals surface area (Å²) >= 11 is 6.84. The molecule has 7 heteroatoms. The second kappa shape index (κ2) is 3.47. The average molecular weight is 219 g/mol. The van der Waals surface area contributed by atoms with Crippen LogP contribution in [0.4, 0.5) is 5.82 Å². The summed E-state index contributed by atoms with van der Waals surface area (Å²) in [6.45, 7) is 1.68. The molecule has 1 aromatic heterocycles. The molecule has 0 saturated carbocycles. The Morgan fingerprint density at radius 2 is 2.38 bits per heavy atom. The monoisotopic (exact) mass is 218 g/mol. The van der Waals surface area contributed by atoms with Crippen LogP contribution in [0.2, 0.25) is 5.15 Å². The molecule has 0 aromatic carbocycles. The van der Waals surface area contributed by atoms with E-state index in [1.54, 1.807) is 0 Å². The number of hydrogen-bond acceptors (Lipinski definition) is 5. The van der Waals surface area contributed by atoms with Crippen LogP contribution in [0.15, 0.2) is 0 Å². The van der Waals surface area contributed by atoms with E-state index in [2.05, 4.69) is 14.1 Å². The average Bonchev–Trinajstić information content (AvgIpc) is 2.51. The molecular weight excluding hydrogens is 212 g/mol. The van der Waals surface area contributed by atoms with Gasteiger partial charge in [0.15, 0.2) is 11.0 Å². The highest BCUT2D eigenvalue weighted by Crippen LogP contribution is 2.22. The lowest BCUT2D eigenvalue weighted by molar-refractivity contribution is -0.120. The third kappa shape index (κ3) is 1.73. The van der Waals surface area contributed by atoms with Gasteiger partial charge in [0, 0.05) is 13.1 Å². The second-order valence-electron chi connectivity index (χ2n) is 2.65. The molecule has 2 rings (SSSR count). The number of nitrogens with one attached hydrogen (secondary N) is 1. The van der Waals surface area contributed by atoms with Crippen molar-refractivity contribution in [2.24, 2.45) is 0 Å². The zero-order valence-electron chi connectivity index (χ0n) is 6.66. The molecule has 0 radical (unpaired) electrons. The highest BCUT2D eigenvalue weighted by atomic mass is 35.5. The molecule has 0 bridgehead atoms. The van der Waals surface area contributed by atoms with Crippen LogP contribution in [0, 0.1) is 0 Å². The lowest BCUT2D eigenvalue weighted by Crippen LogP contribution is -2.47. The summed E-state index contributed by atoms with van der Waals surface area (Å²) in [5.41, 5.74) is 0. The van der Waals surface area contributed by atoms with Gasteiger partial charge in [-0.2, -0.15) is 8.75 Å². The van der Waals surface area contributed by atoms with Crippen LogP contribution in [0.5, 0.6) is 0 Å². The van der Waals surface area contributed by atoms with E-state index in [1.165, 1.54) is 0 Å². The zero-order chi connectivity index (χ0) is 9.26. The number of halogens is 1. The van der Waals surface area contributed by atoms with Gasteiger partial charge < -0.3 is 10.2 Å². The van der Waals surface area contributed by atoms with Gasteiger partial charge in [-0.25, -0.2) is 0 Å². The van der Waals surface area contributed by atoms with E-state index >= 15 is 0 Å². The lowest BCUT2D eigenvalue weighted by Gasteiger charge is -2.26. The quantitative estimate of drug-likeness (QED) is 0.728. The first-order chi connectivity index (χ1) is 6.27. The molecule has 1 amide bonds. The van der Waals surface area contributed by atoms with Crippen LogP contribution in [0.3, 0.4) is 0 Å². The molecule has 1 fully saturated rings. The van der Waals surface area contributed by atoms with E-state index in [0.717, 1.165) is 18.3 Å². The molecule has 5 nitrogen and oxygen atoms in total. The van der Waals surface area contributed by atoms with E-state index in [0.29, 0.717) is 24.1 Å². The molecule has 1 saturated heterocycles. The Bertz CT molecular complexity index is 328. The Kier molecular flexibility index (Phi) is 2.32. The first-order valence-corrected chi connectivity index (χ1v) is 4.88. The van der Waals surface area contributed by atoms with E-state index in [4.69, 9.17) is 11.6 Å². The molecule has 2 heterocycles. The molecule has 1 aliphatic heterocycles. The van der Waals surface area contributed by atoms with Gasteiger partial charge >= 0.3 is 0 Å². The van der Waals surface area contributed by atoms with Crippen molar-refractivity contribution in [2.75, 3.05) is 24.5 Å². The maximum atomic E-state index is 11.0. The Hall–Kier alpha value is -0.880. The summed E-state index contributed by atoms with van der Waals surface area (Å²) in [5, 5.41) is 3.10. The number of carbonyl (C=O) groups excluding carboxylic acids is 1. The van der Waals surface area contributed by atoms with Crippen molar-refractivity contribution < 1.29 is 4.79 Å². The molecule has 0 aliphatic carbocycles. The minimum absolute atomic E-state index is 0.00434. The van der Waals surface area contributed by atoms with E-state index in [-0.39, 0.29) is 5.91 Å². The van der Waals surface area contributed by atoms with Gasteiger partial charge in [-0.3, -0.25) is 4.79 Å². The first-order valence-electron chi connectivity index (χ1n) is 3.77. The molecule has 0 spiro atoms. The minimum atomic E-state index is -0.00434. The van der Waals surface area contributed by atoms with E-state index < -0.39 is 0 Å². The molecule has 1 aliphatic rings. The number of aromatic nitrogens is 2. The minimum Gasteiger partial charge on any atom is -0.353 e. The third-order valence-corrected chi connectivity index (χ3v) is 2.64. The number of rotatable bonds is 1. The maximum absolute atomic E-state index is 11.0. The fourth-order valence-electron chi connectivity index (χ4n) is 1.18. The zero-order valence-corrected chi connectivity index (χ0v) is 8.23. The highest BCUT2D eigenvalue weighted by molar-refractivity contribution is 6.99. The Morgan fingerprint density at radius 3 is 3.00 bits per heavy atom. The van der Waals surface area contributed by atoms with Crippen molar-refractivity contribution >= 4 is 35.1 Å². The van der Waals surface area contributed by atoms with Crippen LogP contribution >= 0.6 is 23.3 Å². The molecule has 70 valence electrons. The number of amides is 1. The van der Waals surface area contributed by atoms with Crippen molar-refractivity contribution in [2.45, 2.75) is 0 Å². The summed E-state index contributed by atoms with van der Waals surface area (Å²) in [4.78, 5) is 12.9. The van der Waals surface area contributed by atoms with Crippen LogP contribution in [0.25, 0.3) is 0 Å². The van der Waals surface area contributed by atoms with Gasteiger partial charge in [0.2, 0.25) is 5.91 Å². The summed E-state index contributed by atoms with van der Waals surface area (Å²) in [5.74, 6) is 0.608. The normalized spacial score (nSPS) is 17.3. The number of anilines is 1. The molecule has 13 heavy (non-hydrogen) atoms. The van der Waals surface area contributed by atoms with Gasteiger partial charge in [-0.15, -0.1) is 0 Å². The van der Waals surface area contributed by atoms with E-state index in [1.807, 2.05) is 4.90 Å². The Labute approximate surface area is 84.0 Å². The number of carbonyl (C=O) groups is 1. The van der Waals surface area contributed by atoms with E-state index in [9.17, 15) is 4.79 Å².